The Morgan fingerprint density at radius 3 is 3.00 bits per heavy atom. The van der Waals surface area contributed by atoms with E-state index in [1.807, 2.05) is 0 Å². The molecule has 0 aliphatic carbocycles. The Bertz CT molecular complexity index is 107. The summed E-state index contributed by atoms with van der Waals surface area (Å²) in [6.07, 6.45) is 0. The number of morpholine rings is 1. The van der Waals surface area contributed by atoms with Crippen LogP contribution in [0.25, 0.3) is 0 Å². The van der Waals surface area contributed by atoms with E-state index < -0.39 is 0 Å². The van der Waals surface area contributed by atoms with E-state index in [9.17, 15) is 0 Å². The maximum atomic E-state index is 5.20. The molecule has 1 aliphatic heterocycles. The molecule has 9 heavy (non-hydrogen) atoms. The van der Waals surface area contributed by atoms with Gasteiger partial charge >= 0.3 is 0 Å². The molecule has 1 heterocycles. The van der Waals surface area contributed by atoms with Crippen LogP contribution in [-0.2, 0) is 4.74 Å². The normalized spacial score (nSPS) is 30.1. The maximum Gasteiger partial charge on any atom is 0.0666 e. The van der Waals surface area contributed by atoms with Gasteiger partial charge in [-0.2, -0.15) is 0 Å². The summed E-state index contributed by atoms with van der Waals surface area (Å²) in [7, 11) is 2.07. The molecule has 1 saturated heterocycles. The van der Waals surface area contributed by atoms with Crippen molar-refractivity contribution in [2.75, 3.05) is 26.8 Å². The molecule has 0 aromatic rings. The van der Waals surface area contributed by atoms with Crippen molar-refractivity contribution in [3.8, 4) is 0 Å². The maximum absolute atomic E-state index is 5.20. The molecule has 1 unspecified atom stereocenters. The molecule has 52 valence electrons. The second-order valence-electron chi connectivity index (χ2n) is 2.26. The van der Waals surface area contributed by atoms with Gasteiger partial charge in [-0.3, -0.25) is 4.90 Å². The van der Waals surface area contributed by atoms with Crippen molar-refractivity contribution in [2.24, 2.45) is 0 Å². The van der Waals surface area contributed by atoms with Gasteiger partial charge in [-0.15, -0.1) is 0 Å². The Morgan fingerprint density at radius 2 is 2.56 bits per heavy atom. The van der Waals surface area contributed by atoms with E-state index in [2.05, 4.69) is 11.9 Å². The summed E-state index contributed by atoms with van der Waals surface area (Å²) in [5.74, 6) is 0. The Morgan fingerprint density at radius 1 is 1.78 bits per heavy atom. The molecule has 1 rings (SSSR count). The van der Waals surface area contributed by atoms with E-state index in [0.717, 1.165) is 19.8 Å². The van der Waals surface area contributed by atoms with Crippen molar-refractivity contribution < 1.29 is 4.74 Å². The summed E-state index contributed by atoms with van der Waals surface area (Å²) in [6.45, 7) is 2.61. The lowest BCUT2D eigenvalue weighted by Crippen LogP contribution is -2.43. The van der Waals surface area contributed by atoms with E-state index in [0.29, 0.717) is 6.04 Å². The van der Waals surface area contributed by atoms with Crippen molar-refractivity contribution in [3.05, 3.63) is 0 Å². The Kier molecular flexibility index (Phi) is 2.57. The van der Waals surface area contributed by atoms with Crippen LogP contribution in [0, 0.1) is 0 Å². The zero-order chi connectivity index (χ0) is 6.69. The van der Waals surface area contributed by atoms with Crippen LogP contribution in [0.2, 0.25) is 0 Å². The van der Waals surface area contributed by atoms with Gasteiger partial charge in [0.25, 0.3) is 0 Å². The van der Waals surface area contributed by atoms with Gasteiger partial charge in [-0.25, -0.2) is 0 Å². The average molecular weight is 145 g/mol. The lowest BCUT2D eigenvalue weighted by molar-refractivity contribution is 0.0323. The fraction of sp³-hybridized carbons (Fsp3) is 0.833. The van der Waals surface area contributed by atoms with E-state index in [4.69, 9.17) is 17.0 Å². The second kappa shape index (κ2) is 3.25. The number of rotatable bonds is 1. The molecule has 0 saturated carbocycles. The van der Waals surface area contributed by atoms with Gasteiger partial charge in [0, 0.05) is 6.54 Å². The van der Waals surface area contributed by atoms with Crippen LogP contribution in [0.15, 0.2) is 0 Å². The minimum Gasteiger partial charge on any atom is -0.378 e. The number of hydrogen-bond donors (Lipinski definition) is 0. The van der Waals surface area contributed by atoms with Gasteiger partial charge in [0.15, 0.2) is 0 Å². The second-order valence-corrected chi connectivity index (χ2v) is 2.53. The first-order valence-electron chi connectivity index (χ1n) is 3.08. The van der Waals surface area contributed by atoms with Crippen molar-refractivity contribution in [1.29, 1.82) is 0 Å². The van der Waals surface area contributed by atoms with Gasteiger partial charge in [0.2, 0.25) is 0 Å². The van der Waals surface area contributed by atoms with Crippen LogP contribution in [0.3, 0.4) is 0 Å². The van der Waals surface area contributed by atoms with E-state index in [1.54, 1.807) is 5.37 Å². The molecular formula is C6H11NOS. The molecule has 3 heteroatoms. The highest BCUT2D eigenvalue weighted by molar-refractivity contribution is 7.79. The van der Waals surface area contributed by atoms with Crippen molar-refractivity contribution in [1.82, 2.24) is 4.90 Å². The van der Waals surface area contributed by atoms with E-state index in [1.165, 1.54) is 0 Å². The highest BCUT2D eigenvalue weighted by Gasteiger charge is 2.15. The number of thiocarbonyl (C=S) groups is 1. The van der Waals surface area contributed by atoms with Crippen molar-refractivity contribution >= 4 is 17.6 Å². The highest BCUT2D eigenvalue weighted by atomic mass is 32.1. The summed E-state index contributed by atoms with van der Waals surface area (Å²) in [4.78, 5) is 2.20. The van der Waals surface area contributed by atoms with Crippen LogP contribution >= 0.6 is 12.2 Å². The molecule has 0 spiro atoms. The molecule has 0 N–H and O–H groups in total. The summed E-state index contributed by atoms with van der Waals surface area (Å²) in [5.41, 5.74) is 0. The largest absolute Gasteiger partial charge is 0.378 e. The first kappa shape index (κ1) is 7.12. The Hall–Kier alpha value is 0.01000. The van der Waals surface area contributed by atoms with E-state index in [-0.39, 0.29) is 0 Å². The topological polar surface area (TPSA) is 12.5 Å². The van der Waals surface area contributed by atoms with E-state index >= 15 is 0 Å². The number of ether oxygens (including phenoxy) is 1. The van der Waals surface area contributed by atoms with Gasteiger partial charge in [0.05, 0.1) is 19.3 Å². The van der Waals surface area contributed by atoms with Crippen LogP contribution in [-0.4, -0.2) is 43.1 Å². The lowest BCUT2D eigenvalue weighted by Gasteiger charge is -2.29. The fourth-order valence-corrected chi connectivity index (χ4v) is 1.14. The van der Waals surface area contributed by atoms with Crippen molar-refractivity contribution in [2.45, 2.75) is 6.04 Å². The summed E-state index contributed by atoms with van der Waals surface area (Å²) in [5, 5.41) is 1.76. The zero-order valence-electron chi connectivity index (χ0n) is 5.54. The molecule has 0 aromatic carbocycles. The van der Waals surface area contributed by atoms with Gasteiger partial charge in [-0.05, 0) is 12.4 Å². The molecule has 1 atom stereocenters. The van der Waals surface area contributed by atoms with Crippen LogP contribution in [0.5, 0.6) is 0 Å². The first-order chi connectivity index (χ1) is 4.34. The molecule has 0 aromatic heterocycles. The molecule has 0 amide bonds. The summed E-state index contributed by atoms with van der Waals surface area (Å²) < 4.78 is 5.20. The SMILES string of the molecule is CN1CCOCC1C=S. The zero-order valence-corrected chi connectivity index (χ0v) is 6.36. The Labute approximate surface area is 60.8 Å². The smallest absolute Gasteiger partial charge is 0.0666 e. The standard InChI is InChI=1S/C6H11NOS/c1-7-2-3-8-4-6(7)5-9/h5-6H,2-4H2,1H3. The third-order valence-electron chi connectivity index (χ3n) is 1.60. The van der Waals surface area contributed by atoms with Gasteiger partial charge < -0.3 is 4.74 Å². The lowest BCUT2D eigenvalue weighted by atomic mass is 10.3. The average Bonchev–Trinajstić information content (AvgIpc) is 1.89. The van der Waals surface area contributed by atoms with Crippen LogP contribution in [0.4, 0.5) is 0 Å². The first-order valence-corrected chi connectivity index (χ1v) is 3.55. The van der Waals surface area contributed by atoms with Gasteiger partial charge in [-0.1, -0.05) is 12.2 Å². The number of likely N-dealkylation sites (N-methyl/N-ethyl adjacent to an activating group) is 1. The van der Waals surface area contributed by atoms with Crippen LogP contribution < -0.4 is 0 Å². The summed E-state index contributed by atoms with van der Waals surface area (Å²) in [6, 6.07) is 0.355. The monoisotopic (exact) mass is 145 g/mol. The molecule has 0 bridgehead atoms. The molecule has 1 aliphatic rings. The number of hydrogen-bond acceptors (Lipinski definition) is 3. The van der Waals surface area contributed by atoms with Gasteiger partial charge in [0.1, 0.15) is 0 Å². The third kappa shape index (κ3) is 1.71. The Balaban J connectivity index is 2.38. The minimum absolute atomic E-state index is 0.355. The third-order valence-corrected chi connectivity index (χ3v) is 1.91. The number of nitrogens with zero attached hydrogens (tertiary/aromatic N) is 1. The van der Waals surface area contributed by atoms with Crippen LogP contribution in [0.1, 0.15) is 0 Å². The molecule has 0 radical (unpaired) electrons. The predicted octanol–water partition coefficient (Wildman–Crippen LogP) is 0.317. The fourth-order valence-electron chi connectivity index (χ4n) is 0.849. The molecular weight excluding hydrogens is 134 g/mol. The molecule has 1 fully saturated rings. The predicted molar refractivity (Wildman–Crippen MR) is 40.9 cm³/mol. The van der Waals surface area contributed by atoms with Crippen molar-refractivity contribution in [3.63, 3.8) is 0 Å². The summed E-state index contributed by atoms with van der Waals surface area (Å²) >= 11 is 4.80. The highest BCUT2D eigenvalue weighted by Crippen LogP contribution is 2.00. The minimum atomic E-state index is 0.355. The quantitative estimate of drug-likeness (QED) is 0.493. The molecule has 2 nitrogen and oxygen atoms in total.